The van der Waals surface area contributed by atoms with Gasteiger partial charge in [-0.25, -0.2) is 4.98 Å². The fourth-order valence-electron chi connectivity index (χ4n) is 2.22. The van der Waals surface area contributed by atoms with E-state index in [-0.39, 0.29) is 0 Å². The number of imidazole rings is 1. The molecule has 0 saturated heterocycles. The van der Waals surface area contributed by atoms with E-state index in [1.54, 1.807) is 13.4 Å². The Hall–Kier alpha value is -2.75. The molecule has 3 aromatic rings. The number of aromatic nitrogens is 2. The molecule has 106 valence electrons. The van der Waals surface area contributed by atoms with Gasteiger partial charge >= 0.3 is 0 Å². The predicted octanol–water partition coefficient (Wildman–Crippen LogP) is 3.70. The van der Waals surface area contributed by atoms with Gasteiger partial charge in [-0.1, -0.05) is 30.3 Å². The summed E-state index contributed by atoms with van der Waals surface area (Å²) in [6, 6.07) is 16.3. The molecule has 0 aliphatic carbocycles. The molecule has 0 aliphatic rings. The highest BCUT2D eigenvalue weighted by atomic mass is 16.5. The van der Waals surface area contributed by atoms with Crippen LogP contribution in [0.5, 0.6) is 5.75 Å². The van der Waals surface area contributed by atoms with Crippen LogP contribution in [-0.4, -0.2) is 17.1 Å². The number of ether oxygens (including phenoxy) is 1. The predicted molar refractivity (Wildman–Crippen MR) is 84.3 cm³/mol. The second-order valence-electron chi connectivity index (χ2n) is 4.72. The van der Waals surface area contributed by atoms with Gasteiger partial charge in [0.25, 0.3) is 0 Å². The minimum Gasteiger partial charge on any atom is -0.497 e. The van der Waals surface area contributed by atoms with Crippen molar-refractivity contribution in [1.29, 1.82) is 0 Å². The maximum Gasteiger partial charge on any atom is 0.119 e. The maximum atomic E-state index is 5.31. The lowest BCUT2D eigenvalue weighted by atomic mass is 10.1. The molecule has 0 spiro atoms. The van der Waals surface area contributed by atoms with Gasteiger partial charge in [-0.15, -0.1) is 0 Å². The first-order chi connectivity index (χ1) is 10.4. The van der Waals surface area contributed by atoms with Crippen LogP contribution in [0.15, 0.2) is 61.1 Å². The van der Waals surface area contributed by atoms with Crippen LogP contribution < -0.4 is 10.1 Å². The van der Waals surface area contributed by atoms with Gasteiger partial charge in [-0.05, 0) is 23.8 Å². The lowest BCUT2D eigenvalue weighted by molar-refractivity contribution is 0.415. The molecule has 0 aliphatic heterocycles. The molecule has 0 bridgehead atoms. The van der Waals surface area contributed by atoms with Gasteiger partial charge in [0.15, 0.2) is 0 Å². The molecular weight excluding hydrogens is 262 g/mol. The Labute approximate surface area is 123 Å². The lowest BCUT2D eigenvalue weighted by Crippen LogP contribution is -2.01. The Kier molecular flexibility index (Phi) is 3.87. The monoisotopic (exact) mass is 279 g/mol. The van der Waals surface area contributed by atoms with Crippen molar-refractivity contribution < 1.29 is 4.74 Å². The number of nitrogens with one attached hydrogen (secondary N) is 2. The van der Waals surface area contributed by atoms with Crippen molar-refractivity contribution in [3.63, 3.8) is 0 Å². The molecule has 2 aromatic carbocycles. The van der Waals surface area contributed by atoms with E-state index >= 15 is 0 Å². The summed E-state index contributed by atoms with van der Waals surface area (Å²) in [7, 11) is 1.67. The minimum atomic E-state index is 0.772. The average Bonchev–Trinajstić information content (AvgIpc) is 3.08. The van der Waals surface area contributed by atoms with E-state index in [4.69, 9.17) is 4.74 Å². The third-order valence-corrected chi connectivity index (χ3v) is 3.34. The molecule has 0 atom stereocenters. The minimum absolute atomic E-state index is 0.772. The zero-order valence-corrected chi connectivity index (χ0v) is 11.8. The summed E-state index contributed by atoms with van der Waals surface area (Å²) in [6.07, 6.45) is 3.48. The van der Waals surface area contributed by atoms with E-state index in [0.29, 0.717) is 0 Å². The number of methoxy groups -OCH3 is 1. The Balaban J connectivity index is 1.87. The highest BCUT2D eigenvalue weighted by Crippen LogP contribution is 2.30. The van der Waals surface area contributed by atoms with E-state index in [1.807, 2.05) is 42.6 Å². The molecule has 4 heteroatoms. The van der Waals surface area contributed by atoms with Crippen LogP contribution in [0.25, 0.3) is 11.3 Å². The first-order valence-corrected chi connectivity index (χ1v) is 6.81. The summed E-state index contributed by atoms with van der Waals surface area (Å²) in [5, 5.41) is 3.47. The fraction of sp³-hybridized carbons (Fsp3) is 0.118. The van der Waals surface area contributed by atoms with E-state index < -0.39 is 0 Å². The van der Waals surface area contributed by atoms with Gasteiger partial charge in [0, 0.05) is 17.8 Å². The van der Waals surface area contributed by atoms with Crippen LogP contribution in [0, 0.1) is 0 Å². The quantitative estimate of drug-likeness (QED) is 0.748. The Morgan fingerprint density at radius 2 is 2.00 bits per heavy atom. The summed E-state index contributed by atoms with van der Waals surface area (Å²) in [4.78, 5) is 7.23. The third-order valence-electron chi connectivity index (χ3n) is 3.34. The first-order valence-electron chi connectivity index (χ1n) is 6.81. The van der Waals surface area contributed by atoms with Crippen LogP contribution >= 0.6 is 0 Å². The highest BCUT2D eigenvalue weighted by Gasteiger charge is 2.08. The van der Waals surface area contributed by atoms with Crippen LogP contribution in [0.2, 0.25) is 0 Å². The van der Waals surface area contributed by atoms with Gasteiger partial charge in [0.1, 0.15) is 5.75 Å². The summed E-state index contributed by atoms with van der Waals surface area (Å²) in [5.74, 6) is 0.824. The van der Waals surface area contributed by atoms with Crippen molar-refractivity contribution in [2.24, 2.45) is 0 Å². The van der Waals surface area contributed by atoms with Gasteiger partial charge in [-0.2, -0.15) is 0 Å². The largest absolute Gasteiger partial charge is 0.497 e. The van der Waals surface area contributed by atoms with Crippen molar-refractivity contribution in [2.75, 3.05) is 12.4 Å². The van der Waals surface area contributed by atoms with Crippen molar-refractivity contribution >= 4 is 5.69 Å². The van der Waals surface area contributed by atoms with Crippen LogP contribution in [0.1, 0.15) is 5.56 Å². The van der Waals surface area contributed by atoms with Crippen molar-refractivity contribution in [3.8, 4) is 17.0 Å². The molecule has 0 fully saturated rings. The normalized spacial score (nSPS) is 10.3. The number of anilines is 1. The zero-order valence-electron chi connectivity index (χ0n) is 11.8. The van der Waals surface area contributed by atoms with E-state index in [2.05, 4.69) is 27.4 Å². The summed E-state index contributed by atoms with van der Waals surface area (Å²) >= 11 is 0. The molecule has 1 aromatic heterocycles. The number of rotatable bonds is 5. The number of benzene rings is 2. The van der Waals surface area contributed by atoms with E-state index in [9.17, 15) is 0 Å². The highest BCUT2D eigenvalue weighted by molar-refractivity contribution is 5.76. The SMILES string of the molecule is COc1ccc(NCc2ccccc2)c(-c2cnc[nH]2)c1. The van der Waals surface area contributed by atoms with Gasteiger partial charge < -0.3 is 15.0 Å². The Bertz CT molecular complexity index is 693. The second-order valence-corrected chi connectivity index (χ2v) is 4.72. The fourth-order valence-corrected chi connectivity index (χ4v) is 2.22. The zero-order chi connectivity index (χ0) is 14.5. The smallest absolute Gasteiger partial charge is 0.119 e. The van der Waals surface area contributed by atoms with E-state index in [1.165, 1.54) is 5.56 Å². The topological polar surface area (TPSA) is 49.9 Å². The molecule has 0 radical (unpaired) electrons. The van der Waals surface area contributed by atoms with Crippen LogP contribution in [-0.2, 0) is 6.54 Å². The molecule has 0 unspecified atom stereocenters. The summed E-state index contributed by atoms with van der Waals surface area (Å²) in [5.41, 5.74) is 4.29. The molecular formula is C17H17N3O. The van der Waals surface area contributed by atoms with Crippen molar-refractivity contribution in [3.05, 3.63) is 66.6 Å². The van der Waals surface area contributed by atoms with Crippen molar-refractivity contribution in [1.82, 2.24) is 9.97 Å². The van der Waals surface area contributed by atoms with Gasteiger partial charge in [0.2, 0.25) is 0 Å². The van der Waals surface area contributed by atoms with Crippen molar-refractivity contribution in [2.45, 2.75) is 6.54 Å². The molecule has 0 saturated carbocycles. The Morgan fingerprint density at radius 1 is 1.14 bits per heavy atom. The number of aromatic amines is 1. The molecule has 0 amide bonds. The Morgan fingerprint density at radius 3 is 2.71 bits per heavy atom. The standard InChI is InChI=1S/C17H17N3O/c1-21-14-7-8-16(15(9-14)17-11-18-12-20-17)19-10-13-5-3-2-4-6-13/h2-9,11-12,19H,10H2,1H3,(H,18,20). The molecule has 4 nitrogen and oxygen atoms in total. The molecule has 2 N–H and O–H groups in total. The average molecular weight is 279 g/mol. The lowest BCUT2D eigenvalue weighted by Gasteiger charge is -2.12. The first kappa shape index (κ1) is 13.2. The second kappa shape index (κ2) is 6.13. The van der Waals surface area contributed by atoms with Gasteiger partial charge in [0.05, 0.1) is 25.3 Å². The summed E-state index contributed by atoms with van der Waals surface area (Å²) in [6.45, 7) is 0.772. The number of hydrogen-bond donors (Lipinski definition) is 2. The third kappa shape index (κ3) is 3.05. The number of nitrogens with zero attached hydrogens (tertiary/aromatic N) is 1. The molecule has 3 rings (SSSR count). The van der Waals surface area contributed by atoms with E-state index in [0.717, 1.165) is 29.2 Å². The van der Waals surface area contributed by atoms with Crippen LogP contribution in [0.4, 0.5) is 5.69 Å². The molecule has 1 heterocycles. The molecule has 21 heavy (non-hydrogen) atoms. The number of H-pyrrole nitrogens is 1. The van der Waals surface area contributed by atoms with Crippen LogP contribution in [0.3, 0.4) is 0 Å². The van der Waals surface area contributed by atoms with Gasteiger partial charge in [-0.3, -0.25) is 0 Å². The summed E-state index contributed by atoms with van der Waals surface area (Å²) < 4.78 is 5.31. The maximum absolute atomic E-state index is 5.31. The number of hydrogen-bond acceptors (Lipinski definition) is 3.